The number of phenolic OH excluding ortho intramolecular Hbond substituents is 2. The number of nitrogens with zero attached hydrogens (tertiary/aromatic N) is 3. The van der Waals surface area contributed by atoms with Crippen LogP contribution in [-0.2, 0) is 32.5 Å². The molecule has 6 aromatic rings. The molecule has 0 aliphatic carbocycles. The number of rotatable bonds is 1. The van der Waals surface area contributed by atoms with E-state index in [1.54, 1.807) is 6.07 Å². The molecular weight excluding hydrogens is 890 g/mol. The third-order valence-electron chi connectivity index (χ3n) is 11.8. The topological polar surface area (TPSA) is 89.2 Å². The van der Waals surface area contributed by atoms with Crippen LogP contribution in [0.5, 0.6) is 11.5 Å². The molecule has 0 atom stereocenters. The molecule has 0 saturated heterocycles. The van der Waals surface area contributed by atoms with Crippen molar-refractivity contribution < 1.29 is 10.2 Å². The monoisotopic (exact) mass is 982 g/mol. The maximum atomic E-state index is 9.60. The lowest BCUT2D eigenvalue weighted by atomic mass is 9.85. The van der Waals surface area contributed by atoms with E-state index in [1.165, 1.54) is 44.5 Å². The van der Waals surface area contributed by atoms with Gasteiger partial charge in [0.1, 0.15) is 11.5 Å². The Morgan fingerprint density at radius 3 is 1.06 bits per heavy atom. The number of aromatic hydroxyl groups is 2. The van der Waals surface area contributed by atoms with Crippen molar-refractivity contribution >= 4 is 17.3 Å². The largest absolute Gasteiger partial charge is 0.508 e. The number of hydrogen-bond donors (Lipinski definition) is 2. The molecule has 0 heterocycles. The van der Waals surface area contributed by atoms with Gasteiger partial charge in [-0.3, -0.25) is 0 Å². The summed E-state index contributed by atoms with van der Waals surface area (Å²) >= 11 is 5.76. The first-order valence-corrected chi connectivity index (χ1v) is 25.3. The van der Waals surface area contributed by atoms with E-state index >= 15 is 0 Å². The summed E-state index contributed by atoms with van der Waals surface area (Å²) in [6.45, 7) is 49.5. The van der Waals surface area contributed by atoms with E-state index in [4.69, 9.17) is 17.1 Å². The zero-order valence-electron chi connectivity index (χ0n) is 48.2. The first kappa shape index (κ1) is 63.5. The van der Waals surface area contributed by atoms with E-state index in [9.17, 15) is 10.2 Å². The van der Waals surface area contributed by atoms with Crippen molar-refractivity contribution in [2.75, 3.05) is 0 Å². The zero-order valence-corrected chi connectivity index (χ0v) is 49.0. The zero-order chi connectivity index (χ0) is 54.9. The molecule has 2 N–H and O–H groups in total. The molecule has 0 saturated carbocycles. The quantitative estimate of drug-likeness (QED) is 0.0976. The van der Waals surface area contributed by atoms with E-state index in [0.29, 0.717) is 17.2 Å². The Hall–Kier alpha value is -5.48. The minimum absolute atomic E-state index is 0.148. The van der Waals surface area contributed by atoms with Gasteiger partial charge in [0.2, 0.25) is 0 Å². The van der Waals surface area contributed by atoms with Crippen LogP contribution < -0.4 is 0 Å². The second-order valence-electron chi connectivity index (χ2n) is 24.9. The third kappa shape index (κ3) is 24.0. The van der Waals surface area contributed by atoms with Crippen molar-refractivity contribution in [2.24, 2.45) is 5.11 Å². The van der Waals surface area contributed by atoms with E-state index in [1.807, 2.05) is 69.3 Å². The molecule has 5 nitrogen and oxygen atoms in total. The molecule has 0 aliphatic heterocycles. The fourth-order valence-electron chi connectivity index (χ4n) is 6.71. The molecule has 0 spiro atoms. The van der Waals surface area contributed by atoms with E-state index in [0.717, 1.165) is 21.7 Å². The van der Waals surface area contributed by atoms with Gasteiger partial charge in [0.05, 0.1) is 0 Å². The molecule has 71 heavy (non-hydrogen) atoms. The minimum Gasteiger partial charge on any atom is -0.508 e. The number of phenols is 2. The van der Waals surface area contributed by atoms with Crippen molar-refractivity contribution in [3.05, 3.63) is 204 Å². The first-order valence-electron chi connectivity index (χ1n) is 24.9. The molecule has 0 radical (unpaired) electrons. The molecule has 0 aromatic heterocycles. The first-order chi connectivity index (χ1) is 32.3. The van der Waals surface area contributed by atoms with Gasteiger partial charge < -0.3 is 10.2 Å². The Kier molecular flexibility index (Phi) is 24.0. The van der Waals surface area contributed by atoms with Gasteiger partial charge >= 0.3 is 0 Å². The Balaban J connectivity index is 0.000000427. The summed E-state index contributed by atoms with van der Waals surface area (Å²) < 4.78 is 0. The molecule has 0 amide bonds. The van der Waals surface area contributed by atoms with Crippen LogP contribution in [0.4, 0.5) is 5.69 Å². The van der Waals surface area contributed by atoms with Crippen LogP contribution in [0.3, 0.4) is 0 Å². The highest BCUT2D eigenvalue weighted by atomic mass is 35.5. The van der Waals surface area contributed by atoms with Crippen LogP contribution in [0.15, 0.2) is 133 Å². The standard InChI is InChI=1S/C12H18O.C11H16O.2C11H16.C10H13Cl.C10H13N3/c1-8-6-10(12(3,4)5)7-9(2)11(8)13;1-8-7-9(11(2,3)4)5-6-10(8)12;1-9-5-7-10(8-6-9)11(2,3)4;1-9-6-5-7-10(8-9)11(2,3)4;1-10(2,3)8-4-6-9(11)7-5-8;1-10(2,3)8-4-6-9(7-5-8)12-13-11/h6-7,13H,1-5H3;5-7,12H,1-4H3;2*5-8H,1-4H3;4-7H,1-3H3;4-7H,1-3H3. The lowest BCUT2D eigenvalue weighted by molar-refractivity contribution is 0.465. The van der Waals surface area contributed by atoms with Crippen molar-refractivity contribution in [3.8, 4) is 11.5 Å². The lowest BCUT2D eigenvalue weighted by Crippen LogP contribution is -2.11. The molecule has 0 fully saturated rings. The predicted molar refractivity (Wildman–Crippen MR) is 312 cm³/mol. The van der Waals surface area contributed by atoms with Gasteiger partial charge in [0, 0.05) is 15.6 Å². The van der Waals surface area contributed by atoms with Gasteiger partial charge in [-0.25, -0.2) is 0 Å². The summed E-state index contributed by atoms with van der Waals surface area (Å²) in [5.41, 5.74) is 23.6. The highest BCUT2D eigenvalue weighted by molar-refractivity contribution is 6.30. The minimum atomic E-state index is 0.148. The number of aryl methyl sites for hydroxylation is 5. The summed E-state index contributed by atoms with van der Waals surface area (Å²) in [5.74, 6) is 0.802. The van der Waals surface area contributed by atoms with Crippen LogP contribution >= 0.6 is 11.6 Å². The van der Waals surface area contributed by atoms with Crippen molar-refractivity contribution in [1.82, 2.24) is 0 Å². The van der Waals surface area contributed by atoms with E-state index < -0.39 is 0 Å². The molecule has 6 rings (SSSR count). The number of halogens is 1. The smallest absolute Gasteiger partial charge is 0.121 e. The van der Waals surface area contributed by atoms with Crippen LogP contribution in [0.1, 0.15) is 186 Å². The molecular formula is C65H92ClN3O2. The Morgan fingerprint density at radius 1 is 0.380 bits per heavy atom. The van der Waals surface area contributed by atoms with Crippen LogP contribution in [0.2, 0.25) is 5.02 Å². The number of hydrogen-bond acceptors (Lipinski definition) is 3. The van der Waals surface area contributed by atoms with Gasteiger partial charge in [-0.1, -0.05) is 262 Å². The van der Waals surface area contributed by atoms with Crippen molar-refractivity contribution in [1.29, 1.82) is 0 Å². The Morgan fingerprint density at radius 2 is 0.718 bits per heavy atom. The normalized spacial score (nSPS) is 11.5. The molecule has 6 heteroatoms. The van der Waals surface area contributed by atoms with Crippen molar-refractivity contribution in [3.63, 3.8) is 0 Å². The SMILES string of the molecule is CC(C)(C)c1ccc(Cl)cc1.CC(C)(C)c1ccc(N=[N+]=[N-])cc1.Cc1cc(C(C)(C)C)cc(C)c1O.Cc1cc(C(C)(C)C)ccc1O.Cc1ccc(C(C)(C)C)cc1.Cc1cccc(C(C)(C)C)c1. The second kappa shape index (κ2) is 26.8. The van der Waals surface area contributed by atoms with Gasteiger partial charge in [0.15, 0.2) is 0 Å². The molecule has 386 valence electrons. The Bertz CT molecular complexity index is 2500. The summed E-state index contributed by atoms with van der Waals surface area (Å²) in [4.78, 5) is 2.72. The third-order valence-corrected chi connectivity index (χ3v) is 12.1. The highest BCUT2D eigenvalue weighted by Crippen LogP contribution is 2.31. The maximum Gasteiger partial charge on any atom is 0.121 e. The summed E-state index contributed by atoms with van der Waals surface area (Å²) in [7, 11) is 0. The fourth-order valence-corrected chi connectivity index (χ4v) is 6.83. The predicted octanol–water partition coefficient (Wildman–Crippen LogP) is 20.5. The van der Waals surface area contributed by atoms with E-state index in [2.05, 4.69) is 221 Å². The van der Waals surface area contributed by atoms with Gasteiger partial charge in [-0.2, -0.15) is 0 Å². The maximum absolute atomic E-state index is 9.60. The molecule has 0 aliphatic rings. The fraction of sp³-hybridized carbons (Fsp3) is 0.446. The average Bonchev–Trinajstić information content (AvgIpc) is 3.23. The number of benzene rings is 6. The number of azide groups is 1. The molecule has 0 unspecified atom stereocenters. The highest BCUT2D eigenvalue weighted by Gasteiger charge is 2.17. The van der Waals surface area contributed by atoms with Crippen LogP contribution in [0, 0.1) is 34.6 Å². The molecule has 0 bridgehead atoms. The average molecular weight is 983 g/mol. The Labute approximate surface area is 437 Å². The lowest BCUT2D eigenvalue weighted by Gasteiger charge is -2.20. The van der Waals surface area contributed by atoms with Crippen molar-refractivity contribution in [2.45, 2.75) is 192 Å². The van der Waals surface area contributed by atoms with E-state index in [-0.39, 0.29) is 32.5 Å². The van der Waals surface area contributed by atoms with Crippen LogP contribution in [-0.4, -0.2) is 10.2 Å². The summed E-state index contributed by atoms with van der Waals surface area (Å²) in [5, 5.41) is 23.2. The van der Waals surface area contributed by atoms with Crippen LogP contribution in [0.25, 0.3) is 10.4 Å². The molecule has 6 aromatic carbocycles. The van der Waals surface area contributed by atoms with Gasteiger partial charge in [0.25, 0.3) is 0 Å². The summed E-state index contributed by atoms with van der Waals surface area (Å²) in [6.07, 6.45) is 0. The second-order valence-corrected chi connectivity index (χ2v) is 25.4. The van der Waals surface area contributed by atoms with Gasteiger partial charge in [-0.05, 0) is 141 Å². The van der Waals surface area contributed by atoms with Gasteiger partial charge in [-0.15, -0.1) is 0 Å². The summed E-state index contributed by atoms with van der Waals surface area (Å²) in [6, 6.07) is 43.0.